The molecule has 4 aliphatic heterocycles. The highest BCUT2D eigenvalue weighted by atomic mass is 15.2. The fraction of sp³-hybridized carbons (Fsp3) is 1.00. The Kier molecular flexibility index (Phi) is 20.7. The predicted molar refractivity (Wildman–Crippen MR) is 126 cm³/mol. The number of rotatable bonds is 0. The van der Waals surface area contributed by atoms with Crippen LogP contribution in [-0.2, 0) is 0 Å². The van der Waals surface area contributed by atoms with E-state index in [4.69, 9.17) is 0 Å². The minimum Gasteiger partial charge on any atom is -0.306 e. The molecule has 166 valence electrons. The lowest BCUT2D eigenvalue weighted by molar-refractivity contribution is -0.0381. The van der Waals surface area contributed by atoms with Gasteiger partial charge in [0.05, 0.1) is 0 Å². The van der Waals surface area contributed by atoms with Gasteiger partial charge in [-0.2, -0.15) is 0 Å². The number of piperidine rings is 1. The molecule has 0 N–H and O–H groups in total. The van der Waals surface area contributed by atoms with Crippen molar-refractivity contribution in [3.63, 3.8) is 0 Å². The summed E-state index contributed by atoms with van der Waals surface area (Å²) in [5.41, 5.74) is 0. The molecule has 3 heteroatoms. The van der Waals surface area contributed by atoms with Gasteiger partial charge in [-0.3, -0.25) is 0 Å². The maximum Gasteiger partial charge on any atom is 0.0133 e. The Bertz CT molecular complexity index is 277. The lowest BCUT2D eigenvalue weighted by Crippen LogP contribution is -2.59. The first-order valence-electron chi connectivity index (χ1n) is 12.4. The fourth-order valence-corrected chi connectivity index (χ4v) is 3.83. The van der Waals surface area contributed by atoms with Crippen molar-refractivity contribution < 1.29 is 0 Å². The van der Waals surface area contributed by atoms with Crippen molar-refractivity contribution in [3.8, 4) is 0 Å². The van der Waals surface area contributed by atoms with E-state index in [0.29, 0.717) is 0 Å². The molecular formula is C24H55N3. The van der Waals surface area contributed by atoms with Gasteiger partial charge in [0, 0.05) is 18.6 Å². The van der Waals surface area contributed by atoms with Gasteiger partial charge in [-0.05, 0) is 84.7 Å². The first kappa shape index (κ1) is 29.1. The molecule has 1 aliphatic carbocycles. The van der Waals surface area contributed by atoms with Gasteiger partial charge < -0.3 is 14.7 Å². The predicted octanol–water partition coefficient (Wildman–Crippen LogP) is 5.99. The van der Waals surface area contributed by atoms with Crippen molar-refractivity contribution in [3.05, 3.63) is 0 Å². The van der Waals surface area contributed by atoms with Crippen molar-refractivity contribution in [1.82, 2.24) is 14.7 Å². The molecule has 4 heterocycles. The van der Waals surface area contributed by atoms with E-state index in [0.717, 1.165) is 18.0 Å². The summed E-state index contributed by atoms with van der Waals surface area (Å²) < 4.78 is 0. The summed E-state index contributed by atoms with van der Waals surface area (Å²) in [6.45, 7) is 22.8. The van der Waals surface area contributed by atoms with Crippen molar-refractivity contribution >= 4 is 0 Å². The molecule has 27 heavy (non-hydrogen) atoms. The van der Waals surface area contributed by atoms with Crippen LogP contribution in [0, 0.1) is 5.92 Å². The van der Waals surface area contributed by atoms with Gasteiger partial charge in [0.15, 0.2) is 0 Å². The van der Waals surface area contributed by atoms with Crippen molar-refractivity contribution in [2.24, 2.45) is 5.92 Å². The van der Waals surface area contributed by atoms with Crippen molar-refractivity contribution in [2.75, 3.05) is 46.8 Å². The van der Waals surface area contributed by atoms with Gasteiger partial charge in [0.2, 0.25) is 0 Å². The monoisotopic (exact) mass is 385 g/mol. The van der Waals surface area contributed by atoms with Crippen LogP contribution >= 0.6 is 0 Å². The summed E-state index contributed by atoms with van der Waals surface area (Å²) >= 11 is 0. The van der Waals surface area contributed by atoms with Crippen LogP contribution in [0.2, 0.25) is 0 Å². The van der Waals surface area contributed by atoms with E-state index < -0.39 is 0 Å². The molecule has 5 rings (SSSR count). The van der Waals surface area contributed by atoms with Crippen LogP contribution in [0.3, 0.4) is 0 Å². The summed E-state index contributed by atoms with van der Waals surface area (Å²) in [4.78, 5) is 7.34. The summed E-state index contributed by atoms with van der Waals surface area (Å²) in [7, 11) is 4.36. The first-order valence-corrected chi connectivity index (χ1v) is 12.4. The third-order valence-electron chi connectivity index (χ3n) is 5.79. The minimum absolute atomic E-state index is 1.01. The molecule has 5 fully saturated rings. The highest BCUT2D eigenvalue weighted by Crippen LogP contribution is 2.39. The second-order valence-corrected chi connectivity index (χ2v) is 7.12. The molecule has 0 spiro atoms. The molecule has 0 aromatic heterocycles. The Hall–Kier alpha value is -0.120. The average Bonchev–Trinajstić information content (AvgIpc) is 3.03. The Morgan fingerprint density at radius 1 is 0.593 bits per heavy atom. The van der Waals surface area contributed by atoms with E-state index in [1.807, 2.05) is 55.4 Å². The van der Waals surface area contributed by atoms with Crippen LogP contribution in [-0.4, -0.2) is 73.6 Å². The molecule has 0 radical (unpaired) electrons. The fourth-order valence-electron chi connectivity index (χ4n) is 3.83. The smallest absolute Gasteiger partial charge is 0.0133 e. The van der Waals surface area contributed by atoms with Gasteiger partial charge in [-0.15, -0.1) is 0 Å². The summed E-state index contributed by atoms with van der Waals surface area (Å²) in [5, 5.41) is 0. The van der Waals surface area contributed by atoms with Crippen LogP contribution in [0.5, 0.6) is 0 Å². The summed E-state index contributed by atoms with van der Waals surface area (Å²) in [6, 6.07) is 2.04. The van der Waals surface area contributed by atoms with E-state index in [9.17, 15) is 0 Å². The van der Waals surface area contributed by atoms with Gasteiger partial charge in [0.1, 0.15) is 0 Å². The van der Waals surface area contributed by atoms with Crippen molar-refractivity contribution in [2.45, 2.75) is 106 Å². The van der Waals surface area contributed by atoms with Crippen LogP contribution in [0.4, 0.5) is 0 Å². The largest absolute Gasteiger partial charge is 0.306 e. The lowest BCUT2D eigenvalue weighted by atomic mass is 9.72. The molecule has 0 amide bonds. The van der Waals surface area contributed by atoms with E-state index in [-0.39, 0.29) is 0 Å². The SMILES string of the molecule is C1CC2CCN2C1.CC.CC.CC.CC.CN1CC2CC[C@@H]21.CN1CCC1. The summed E-state index contributed by atoms with van der Waals surface area (Å²) in [6.07, 6.45) is 8.83. The standard InChI is InChI=1S/2C6H11N.C4H9N.4C2H6/c1-7-4-5-2-3-6(5)7;1-2-6-3-5-7(6)4-1;1-5-3-2-4-5;4*1-2/h5-6H,2-4H2,1H3;6H,1-5H2;2-4H2,1H3;4*1-2H3/t5?,6-;;;;;;/m0....../s1. The zero-order valence-corrected chi connectivity index (χ0v) is 20.9. The number of fused-ring (bicyclic) bond motifs is 2. The summed E-state index contributed by atoms with van der Waals surface area (Å²) in [5.74, 6) is 1.12. The molecular weight excluding hydrogens is 330 g/mol. The molecule has 2 unspecified atom stereocenters. The first-order chi connectivity index (χ1) is 13.2. The highest BCUT2D eigenvalue weighted by molar-refractivity contribution is 4.97. The third kappa shape index (κ3) is 10.3. The van der Waals surface area contributed by atoms with E-state index in [2.05, 4.69) is 28.8 Å². The van der Waals surface area contributed by atoms with Crippen LogP contribution < -0.4 is 0 Å². The van der Waals surface area contributed by atoms with E-state index in [1.54, 1.807) is 0 Å². The number of likely N-dealkylation sites (tertiary alicyclic amines) is 2. The highest BCUT2D eigenvalue weighted by Gasteiger charge is 2.42. The second kappa shape index (κ2) is 19.2. The maximum atomic E-state index is 2.58. The molecule has 0 aromatic carbocycles. The van der Waals surface area contributed by atoms with Crippen molar-refractivity contribution in [1.29, 1.82) is 0 Å². The number of hydrogen-bond donors (Lipinski definition) is 0. The van der Waals surface area contributed by atoms with Gasteiger partial charge in [-0.25, -0.2) is 0 Å². The third-order valence-corrected chi connectivity index (χ3v) is 5.79. The molecule has 0 aromatic rings. The minimum atomic E-state index is 1.01. The van der Waals surface area contributed by atoms with Gasteiger partial charge >= 0.3 is 0 Å². The molecule has 0 bridgehead atoms. The Balaban J connectivity index is 0. The zero-order chi connectivity index (χ0) is 21.2. The Morgan fingerprint density at radius 3 is 1.22 bits per heavy atom. The molecule has 1 saturated carbocycles. The number of nitrogens with zero attached hydrogens (tertiary/aromatic N) is 3. The number of hydrogen-bond acceptors (Lipinski definition) is 3. The Morgan fingerprint density at radius 2 is 1.15 bits per heavy atom. The zero-order valence-electron chi connectivity index (χ0n) is 20.9. The van der Waals surface area contributed by atoms with Crippen LogP contribution in [0.15, 0.2) is 0 Å². The maximum absolute atomic E-state index is 2.58. The molecule has 3 nitrogen and oxygen atoms in total. The van der Waals surface area contributed by atoms with E-state index >= 15 is 0 Å². The second-order valence-electron chi connectivity index (χ2n) is 7.12. The normalized spacial score (nSPS) is 28.9. The Labute approximate surface area is 173 Å². The van der Waals surface area contributed by atoms with Gasteiger partial charge in [0.25, 0.3) is 0 Å². The molecule has 4 saturated heterocycles. The van der Waals surface area contributed by atoms with E-state index in [1.165, 1.54) is 71.2 Å². The van der Waals surface area contributed by atoms with Gasteiger partial charge in [-0.1, -0.05) is 55.4 Å². The lowest BCUT2D eigenvalue weighted by Gasteiger charge is -2.54. The average molecular weight is 386 g/mol. The molecule has 5 aliphatic rings. The van der Waals surface area contributed by atoms with Crippen LogP contribution in [0.25, 0.3) is 0 Å². The quantitative estimate of drug-likeness (QED) is 0.507. The molecule has 3 atom stereocenters. The van der Waals surface area contributed by atoms with Crippen LogP contribution in [0.1, 0.15) is 93.9 Å². The topological polar surface area (TPSA) is 9.72 Å².